The molecule has 1 atom stereocenters. The van der Waals surface area contributed by atoms with Gasteiger partial charge in [0.1, 0.15) is 5.78 Å². The van der Waals surface area contributed by atoms with Crippen LogP contribution in [-0.4, -0.2) is 41.0 Å². The van der Waals surface area contributed by atoms with Crippen molar-refractivity contribution in [3.63, 3.8) is 0 Å². The summed E-state index contributed by atoms with van der Waals surface area (Å²) in [7, 11) is 0. The largest absolute Gasteiger partial charge is 0.395 e. The summed E-state index contributed by atoms with van der Waals surface area (Å²) < 4.78 is 0. The summed E-state index contributed by atoms with van der Waals surface area (Å²) in [5, 5.41) is 8.84. The Hall–Kier alpha value is -0.410. The van der Waals surface area contributed by atoms with Gasteiger partial charge in [-0.1, -0.05) is 0 Å². The normalized spacial score (nSPS) is 13.8. The summed E-state index contributed by atoms with van der Waals surface area (Å²) in [5.74, 6) is 0.205. The number of hydrogen-bond acceptors (Lipinski definition) is 3. The molecule has 0 bridgehead atoms. The summed E-state index contributed by atoms with van der Waals surface area (Å²) in [6.07, 6.45) is 0.568. The molecule has 0 aromatic rings. The van der Waals surface area contributed by atoms with E-state index in [-0.39, 0.29) is 18.4 Å². The van der Waals surface area contributed by atoms with E-state index < -0.39 is 0 Å². The first kappa shape index (κ1) is 12.6. The zero-order valence-corrected chi connectivity index (χ0v) is 9.08. The third-order valence-electron chi connectivity index (χ3n) is 2.17. The van der Waals surface area contributed by atoms with E-state index in [0.29, 0.717) is 19.0 Å². The van der Waals surface area contributed by atoms with Crippen molar-refractivity contribution >= 4 is 5.78 Å². The maximum Gasteiger partial charge on any atom is 0.131 e. The zero-order valence-electron chi connectivity index (χ0n) is 9.08. The standard InChI is InChI=1S/C10H21NO2/c1-8(2)11(5-6-12)9(3)7-10(4)13/h8-9,12H,5-7H2,1-4H3. The van der Waals surface area contributed by atoms with E-state index in [1.54, 1.807) is 6.92 Å². The maximum atomic E-state index is 10.9. The summed E-state index contributed by atoms with van der Waals surface area (Å²) in [6.45, 7) is 8.58. The lowest BCUT2D eigenvalue weighted by Crippen LogP contribution is -2.41. The highest BCUT2D eigenvalue weighted by atomic mass is 16.3. The third-order valence-corrected chi connectivity index (χ3v) is 2.17. The van der Waals surface area contributed by atoms with Crippen molar-refractivity contribution in [2.24, 2.45) is 0 Å². The summed E-state index contributed by atoms with van der Waals surface area (Å²) >= 11 is 0. The van der Waals surface area contributed by atoms with E-state index in [4.69, 9.17) is 5.11 Å². The molecule has 0 aliphatic heterocycles. The Morgan fingerprint density at radius 1 is 1.38 bits per heavy atom. The van der Waals surface area contributed by atoms with E-state index in [1.807, 2.05) is 6.92 Å². The Bertz CT molecular complexity index is 157. The minimum absolute atomic E-state index is 0.153. The molecule has 0 aromatic heterocycles. The third kappa shape index (κ3) is 5.01. The highest BCUT2D eigenvalue weighted by Gasteiger charge is 2.17. The fourth-order valence-corrected chi connectivity index (χ4v) is 1.64. The predicted molar refractivity (Wildman–Crippen MR) is 53.7 cm³/mol. The molecule has 0 amide bonds. The topological polar surface area (TPSA) is 40.5 Å². The molecule has 13 heavy (non-hydrogen) atoms. The van der Waals surface area contributed by atoms with Crippen molar-refractivity contribution in [2.45, 2.75) is 46.2 Å². The van der Waals surface area contributed by atoms with Gasteiger partial charge in [0.15, 0.2) is 0 Å². The van der Waals surface area contributed by atoms with E-state index in [2.05, 4.69) is 18.7 Å². The summed E-state index contributed by atoms with van der Waals surface area (Å²) in [5.41, 5.74) is 0. The van der Waals surface area contributed by atoms with Crippen LogP contribution in [0.4, 0.5) is 0 Å². The van der Waals surface area contributed by atoms with Gasteiger partial charge in [-0.25, -0.2) is 0 Å². The van der Waals surface area contributed by atoms with Crippen molar-refractivity contribution in [1.29, 1.82) is 0 Å². The second kappa shape index (κ2) is 6.11. The van der Waals surface area contributed by atoms with Crippen molar-refractivity contribution in [3.05, 3.63) is 0 Å². The Kier molecular flexibility index (Phi) is 5.91. The average Bonchev–Trinajstić information content (AvgIpc) is 1.97. The summed E-state index contributed by atoms with van der Waals surface area (Å²) in [4.78, 5) is 13.0. The molecule has 0 aliphatic carbocycles. The molecule has 0 aliphatic rings. The lowest BCUT2D eigenvalue weighted by Gasteiger charge is -2.31. The number of rotatable bonds is 6. The van der Waals surface area contributed by atoms with Gasteiger partial charge >= 0.3 is 0 Å². The van der Waals surface area contributed by atoms with Crippen molar-refractivity contribution < 1.29 is 9.90 Å². The molecule has 1 unspecified atom stereocenters. The van der Waals surface area contributed by atoms with Gasteiger partial charge in [-0.2, -0.15) is 0 Å². The molecule has 1 N–H and O–H groups in total. The molecular formula is C10H21NO2. The molecule has 0 radical (unpaired) electrons. The van der Waals surface area contributed by atoms with Crippen molar-refractivity contribution in [2.75, 3.05) is 13.2 Å². The van der Waals surface area contributed by atoms with Crippen molar-refractivity contribution in [3.8, 4) is 0 Å². The fourth-order valence-electron chi connectivity index (χ4n) is 1.64. The molecule has 0 aromatic carbocycles. The van der Waals surface area contributed by atoms with Crippen LogP contribution >= 0.6 is 0 Å². The second-order valence-corrected chi connectivity index (χ2v) is 3.81. The van der Waals surface area contributed by atoms with Crippen LogP contribution in [0.15, 0.2) is 0 Å². The molecular weight excluding hydrogens is 166 g/mol. The van der Waals surface area contributed by atoms with Crippen LogP contribution in [0.2, 0.25) is 0 Å². The van der Waals surface area contributed by atoms with Gasteiger partial charge in [-0.05, 0) is 27.7 Å². The highest BCUT2D eigenvalue weighted by Crippen LogP contribution is 2.08. The lowest BCUT2D eigenvalue weighted by molar-refractivity contribution is -0.118. The van der Waals surface area contributed by atoms with E-state index >= 15 is 0 Å². The molecule has 0 rings (SSSR count). The Morgan fingerprint density at radius 2 is 1.92 bits per heavy atom. The second-order valence-electron chi connectivity index (χ2n) is 3.81. The number of ketones is 1. The quantitative estimate of drug-likeness (QED) is 0.676. The monoisotopic (exact) mass is 187 g/mol. The fraction of sp³-hybridized carbons (Fsp3) is 0.900. The first-order chi connectivity index (χ1) is 5.99. The number of carbonyl (C=O) groups is 1. The van der Waals surface area contributed by atoms with Gasteiger partial charge in [-0.3, -0.25) is 9.69 Å². The van der Waals surface area contributed by atoms with Crippen LogP contribution in [0, 0.1) is 0 Å². The van der Waals surface area contributed by atoms with E-state index in [0.717, 1.165) is 0 Å². The van der Waals surface area contributed by atoms with Crippen LogP contribution in [-0.2, 0) is 4.79 Å². The summed E-state index contributed by atoms with van der Waals surface area (Å²) in [6, 6.07) is 0.603. The molecule has 0 saturated carbocycles. The average molecular weight is 187 g/mol. The molecule has 0 saturated heterocycles. The van der Waals surface area contributed by atoms with E-state index in [1.165, 1.54) is 0 Å². The number of nitrogens with zero attached hydrogens (tertiary/aromatic N) is 1. The van der Waals surface area contributed by atoms with Gasteiger partial charge in [0, 0.05) is 25.0 Å². The Balaban J connectivity index is 4.10. The van der Waals surface area contributed by atoms with Crippen LogP contribution in [0.1, 0.15) is 34.1 Å². The lowest BCUT2D eigenvalue weighted by atomic mass is 10.1. The van der Waals surface area contributed by atoms with E-state index in [9.17, 15) is 4.79 Å². The van der Waals surface area contributed by atoms with Crippen LogP contribution in [0.3, 0.4) is 0 Å². The van der Waals surface area contributed by atoms with Gasteiger partial charge in [0.05, 0.1) is 6.61 Å². The smallest absolute Gasteiger partial charge is 0.131 e. The van der Waals surface area contributed by atoms with Gasteiger partial charge < -0.3 is 5.11 Å². The first-order valence-corrected chi connectivity index (χ1v) is 4.85. The number of aliphatic hydroxyl groups is 1. The zero-order chi connectivity index (χ0) is 10.4. The Morgan fingerprint density at radius 3 is 2.23 bits per heavy atom. The molecule has 78 valence electrons. The number of aliphatic hydroxyl groups excluding tert-OH is 1. The molecule has 3 heteroatoms. The Labute approximate surface area is 80.7 Å². The first-order valence-electron chi connectivity index (χ1n) is 4.85. The van der Waals surface area contributed by atoms with Gasteiger partial charge in [0.2, 0.25) is 0 Å². The van der Waals surface area contributed by atoms with Crippen molar-refractivity contribution in [1.82, 2.24) is 4.90 Å². The van der Waals surface area contributed by atoms with Gasteiger partial charge in [0.25, 0.3) is 0 Å². The van der Waals surface area contributed by atoms with Crippen LogP contribution in [0.25, 0.3) is 0 Å². The SMILES string of the molecule is CC(=O)CC(C)N(CCO)C(C)C. The molecule has 0 fully saturated rings. The maximum absolute atomic E-state index is 10.9. The number of carbonyl (C=O) groups excluding carboxylic acids is 1. The van der Waals surface area contributed by atoms with Crippen LogP contribution < -0.4 is 0 Å². The van der Waals surface area contributed by atoms with Gasteiger partial charge in [-0.15, -0.1) is 0 Å². The molecule has 0 spiro atoms. The predicted octanol–water partition coefficient (Wildman–Crippen LogP) is 1.06. The minimum Gasteiger partial charge on any atom is -0.395 e. The highest BCUT2D eigenvalue weighted by molar-refractivity contribution is 5.76. The number of Topliss-reactive ketones (excluding diaryl/α,β-unsaturated/α-hetero) is 1. The minimum atomic E-state index is 0.153. The molecule has 3 nitrogen and oxygen atoms in total. The van der Waals surface area contributed by atoms with Crippen LogP contribution in [0.5, 0.6) is 0 Å². The molecule has 0 heterocycles. The number of hydrogen-bond donors (Lipinski definition) is 1.